The predicted molar refractivity (Wildman–Crippen MR) is 75.7 cm³/mol. The molecule has 2 unspecified atom stereocenters. The number of hydrogen-bond donors (Lipinski definition) is 0. The van der Waals surface area contributed by atoms with E-state index in [4.69, 9.17) is 14.2 Å². The number of carbonyl (C=O) groups is 1. The van der Waals surface area contributed by atoms with Gasteiger partial charge in [0.1, 0.15) is 11.9 Å². The molecular formula is C16H22O4. The summed E-state index contributed by atoms with van der Waals surface area (Å²) in [7, 11) is 0. The Morgan fingerprint density at radius 2 is 1.95 bits per heavy atom. The first-order valence-electron chi connectivity index (χ1n) is 7.15. The normalized spacial score (nSPS) is 24.6. The monoisotopic (exact) mass is 278 g/mol. The Kier molecular flexibility index (Phi) is 4.33. The van der Waals surface area contributed by atoms with Crippen LogP contribution in [0.4, 0.5) is 0 Å². The van der Waals surface area contributed by atoms with E-state index in [1.54, 1.807) is 6.92 Å². The van der Waals surface area contributed by atoms with E-state index in [0.717, 1.165) is 11.3 Å². The first-order valence-corrected chi connectivity index (χ1v) is 7.15. The number of epoxide rings is 1. The van der Waals surface area contributed by atoms with Crippen molar-refractivity contribution in [3.8, 4) is 5.75 Å². The molecule has 1 fully saturated rings. The van der Waals surface area contributed by atoms with Gasteiger partial charge < -0.3 is 14.2 Å². The Bertz CT molecular complexity index is 466. The Hall–Kier alpha value is -1.55. The number of esters is 1. The third kappa shape index (κ3) is 2.80. The van der Waals surface area contributed by atoms with Gasteiger partial charge in [0.25, 0.3) is 0 Å². The van der Waals surface area contributed by atoms with Gasteiger partial charge in [-0.25, -0.2) is 4.79 Å². The van der Waals surface area contributed by atoms with Crippen LogP contribution < -0.4 is 4.74 Å². The maximum absolute atomic E-state index is 12.0. The fourth-order valence-corrected chi connectivity index (χ4v) is 2.33. The number of carbonyl (C=O) groups excluding carboxylic acids is 1. The number of ether oxygens (including phenoxy) is 3. The molecule has 0 N–H and O–H groups in total. The molecular weight excluding hydrogens is 256 g/mol. The molecule has 1 heterocycles. The van der Waals surface area contributed by atoms with Gasteiger partial charge >= 0.3 is 5.97 Å². The molecule has 0 aliphatic carbocycles. The molecule has 0 saturated carbocycles. The summed E-state index contributed by atoms with van der Waals surface area (Å²) in [5.74, 6) is 0.553. The highest BCUT2D eigenvalue weighted by atomic mass is 16.7. The van der Waals surface area contributed by atoms with Crippen LogP contribution in [0.1, 0.15) is 45.8 Å². The highest BCUT2D eigenvalue weighted by Crippen LogP contribution is 2.52. The van der Waals surface area contributed by atoms with Gasteiger partial charge in [-0.1, -0.05) is 19.1 Å². The standard InChI is InChI=1S/C16H22O4/c1-5-16(15(17)18-6-2)14(20-16)12-7-9-13(10-8-12)19-11(3)4/h7-11,14H,5-6H2,1-4H3. The maximum atomic E-state index is 12.0. The van der Waals surface area contributed by atoms with Crippen molar-refractivity contribution in [2.75, 3.05) is 6.61 Å². The molecule has 1 aromatic carbocycles. The van der Waals surface area contributed by atoms with Gasteiger partial charge in [-0.05, 0) is 44.9 Å². The predicted octanol–water partition coefficient (Wildman–Crippen LogP) is 3.26. The molecule has 0 bridgehead atoms. The lowest BCUT2D eigenvalue weighted by atomic mass is 9.97. The molecule has 0 spiro atoms. The maximum Gasteiger partial charge on any atom is 0.341 e. The summed E-state index contributed by atoms with van der Waals surface area (Å²) in [4.78, 5) is 12.0. The smallest absolute Gasteiger partial charge is 0.341 e. The van der Waals surface area contributed by atoms with E-state index in [0.29, 0.717) is 13.0 Å². The van der Waals surface area contributed by atoms with Gasteiger partial charge in [0, 0.05) is 0 Å². The largest absolute Gasteiger partial charge is 0.491 e. The highest BCUT2D eigenvalue weighted by molar-refractivity contribution is 5.83. The van der Waals surface area contributed by atoms with Crippen molar-refractivity contribution in [3.63, 3.8) is 0 Å². The van der Waals surface area contributed by atoms with Crippen molar-refractivity contribution in [1.82, 2.24) is 0 Å². The van der Waals surface area contributed by atoms with Gasteiger partial charge in [0.2, 0.25) is 0 Å². The molecule has 2 rings (SSSR count). The van der Waals surface area contributed by atoms with Crippen molar-refractivity contribution in [2.45, 2.75) is 51.9 Å². The summed E-state index contributed by atoms with van der Waals surface area (Å²) >= 11 is 0. The first kappa shape index (κ1) is 14.9. The average Bonchev–Trinajstić information content (AvgIpc) is 3.15. The average molecular weight is 278 g/mol. The molecule has 0 amide bonds. The van der Waals surface area contributed by atoms with E-state index in [2.05, 4.69) is 0 Å². The summed E-state index contributed by atoms with van der Waals surface area (Å²) in [6.07, 6.45) is 0.549. The Labute approximate surface area is 120 Å². The van der Waals surface area contributed by atoms with Crippen molar-refractivity contribution in [3.05, 3.63) is 29.8 Å². The van der Waals surface area contributed by atoms with Crippen LogP contribution in [0, 0.1) is 0 Å². The van der Waals surface area contributed by atoms with Crippen LogP contribution in [0.2, 0.25) is 0 Å². The fraction of sp³-hybridized carbons (Fsp3) is 0.562. The van der Waals surface area contributed by atoms with Crippen molar-refractivity contribution >= 4 is 5.97 Å². The van der Waals surface area contributed by atoms with Crippen LogP contribution in [0.15, 0.2) is 24.3 Å². The zero-order valence-corrected chi connectivity index (χ0v) is 12.5. The number of benzene rings is 1. The third-order valence-corrected chi connectivity index (χ3v) is 3.40. The Balaban J connectivity index is 2.08. The quantitative estimate of drug-likeness (QED) is 0.592. The second-order valence-electron chi connectivity index (χ2n) is 5.20. The molecule has 0 aromatic heterocycles. The minimum absolute atomic E-state index is 0.146. The highest BCUT2D eigenvalue weighted by Gasteiger charge is 2.63. The van der Waals surface area contributed by atoms with Gasteiger partial charge in [-0.2, -0.15) is 0 Å². The van der Waals surface area contributed by atoms with Gasteiger partial charge in [0.05, 0.1) is 12.7 Å². The van der Waals surface area contributed by atoms with E-state index >= 15 is 0 Å². The van der Waals surface area contributed by atoms with Crippen molar-refractivity contribution in [2.24, 2.45) is 0 Å². The van der Waals surface area contributed by atoms with Gasteiger partial charge in [-0.3, -0.25) is 0 Å². The molecule has 1 aromatic rings. The van der Waals surface area contributed by atoms with Crippen LogP contribution >= 0.6 is 0 Å². The lowest BCUT2D eigenvalue weighted by Gasteiger charge is -2.11. The second-order valence-corrected chi connectivity index (χ2v) is 5.20. The first-order chi connectivity index (χ1) is 9.53. The van der Waals surface area contributed by atoms with Crippen LogP contribution in [0.3, 0.4) is 0 Å². The molecule has 110 valence electrons. The molecule has 1 saturated heterocycles. The number of rotatable bonds is 6. The van der Waals surface area contributed by atoms with E-state index in [-0.39, 0.29) is 18.2 Å². The minimum atomic E-state index is -0.795. The van der Waals surface area contributed by atoms with Crippen molar-refractivity contribution in [1.29, 1.82) is 0 Å². The minimum Gasteiger partial charge on any atom is -0.491 e. The van der Waals surface area contributed by atoms with E-state index in [1.807, 2.05) is 45.0 Å². The summed E-state index contributed by atoms with van der Waals surface area (Å²) in [6.45, 7) is 8.09. The lowest BCUT2D eigenvalue weighted by molar-refractivity contribution is -0.149. The summed E-state index contributed by atoms with van der Waals surface area (Å²) in [6, 6.07) is 7.70. The molecule has 1 aliphatic heterocycles. The van der Waals surface area contributed by atoms with Crippen LogP contribution in [0.5, 0.6) is 5.75 Å². The topological polar surface area (TPSA) is 48.1 Å². The Morgan fingerprint density at radius 1 is 1.30 bits per heavy atom. The second kappa shape index (κ2) is 5.83. The summed E-state index contributed by atoms with van der Waals surface area (Å²) in [5.41, 5.74) is 0.187. The van der Waals surface area contributed by atoms with Gasteiger partial charge in [0.15, 0.2) is 5.60 Å². The number of hydrogen-bond acceptors (Lipinski definition) is 4. The summed E-state index contributed by atoms with van der Waals surface area (Å²) in [5, 5.41) is 0. The summed E-state index contributed by atoms with van der Waals surface area (Å²) < 4.78 is 16.4. The third-order valence-electron chi connectivity index (χ3n) is 3.40. The lowest BCUT2D eigenvalue weighted by Crippen LogP contribution is -2.27. The van der Waals surface area contributed by atoms with E-state index < -0.39 is 5.60 Å². The molecule has 0 radical (unpaired) electrons. The van der Waals surface area contributed by atoms with E-state index in [9.17, 15) is 4.79 Å². The fourth-order valence-electron chi connectivity index (χ4n) is 2.33. The molecule has 2 atom stereocenters. The van der Waals surface area contributed by atoms with Crippen molar-refractivity contribution < 1.29 is 19.0 Å². The Morgan fingerprint density at radius 3 is 2.45 bits per heavy atom. The molecule has 4 nitrogen and oxygen atoms in total. The van der Waals surface area contributed by atoms with Crippen LogP contribution in [0.25, 0.3) is 0 Å². The van der Waals surface area contributed by atoms with Crippen LogP contribution in [-0.2, 0) is 14.3 Å². The molecule has 20 heavy (non-hydrogen) atoms. The van der Waals surface area contributed by atoms with Gasteiger partial charge in [-0.15, -0.1) is 0 Å². The SMILES string of the molecule is CCOC(=O)C1(CC)OC1c1ccc(OC(C)C)cc1. The molecule has 4 heteroatoms. The zero-order chi connectivity index (χ0) is 14.8. The van der Waals surface area contributed by atoms with Crippen LogP contribution in [-0.4, -0.2) is 24.3 Å². The molecule has 1 aliphatic rings. The zero-order valence-electron chi connectivity index (χ0n) is 12.5. The van der Waals surface area contributed by atoms with E-state index in [1.165, 1.54) is 0 Å².